The van der Waals surface area contributed by atoms with Gasteiger partial charge in [0, 0.05) is 24.3 Å². The van der Waals surface area contributed by atoms with Crippen LogP contribution in [0.3, 0.4) is 0 Å². The van der Waals surface area contributed by atoms with E-state index in [0.717, 1.165) is 19.3 Å². The first kappa shape index (κ1) is 16.8. The summed E-state index contributed by atoms with van der Waals surface area (Å²) >= 11 is 0. The van der Waals surface area contributed by atoms with Crippen LogP contribution in [0.1, 0.15) is 43.5 Å². The second-order valence-electron chi connectivity index (χ2n) is 6.10. The third kappa shape index (κ3) is 3.78. The fraction of sp³-hybridized carbons (Fsp3) is 0.588. The van der Waals surface area contributed by atoms with Crippen LogP contribution in [0.15, 0.2) is 24.3 Å². The summed E-state index contributed by atoms with van der Waals surface area (Å²) in [5.74, 6) is 0.0290. The lowest BCUT2D eigenvalue weighted by atomic mass is 9.96. The normalized spacial score (nSPS) is 23.2. The van der Waals surface area contributed by atoms with Gasteiger partial charge in [-0.3, -0.25) is 4.79 Å². The molecule has 0 bridgehead atoms. The highest BCUT2D eigenvalue weighted by Crippen LogP contribution is 2.27. The van der Waals surface area contributed by atoms with Crippen molar-refractivity contribution in [2.45, 2.75) is 51.3 Å². The molecule has 1 saturated heterocycles. The summed E-state index contributed by atoms with van der Waals surface area (Å²) in [6, 6.07) is 7.83. The summed E-state index contributed by atoms with van der Waals surface area (Å²) in [7, 11) is 0. The van der Waals surface area contributed by atoms with Crippen molar-refractivity contribution in [2.75, 3.05) is 18.5 Å². The summed E-state index contributed by atoms with van der Waals surface area (Å²) in [6.45, 7) is 4.10. The zero-order valence-electron chi connectivity index (χ0n) is 13.3. The average molecular weight is 306 g/mol. The Morgan fingerprint density at radius 3 is 2.59 bits per heavy atom. The highest BCUT2D eigenvalue weighted by Gasteiger charge is 2.30. The number of benzene rings is 1. The number of para-hydroxylation sites is 1. The smallest absolute Gasteiger partial charge is 0.256 e. The highest BCUT2D eigenvalue weighted by atomic mass is 16.3. The Labute approximate surface area is 131 Å². The molecule has 122 valence electrons. The summed E-state index contributed by atoms with van der Waals surface area (Å²) in [6.07, 6.45) is 2.40. The van der Waals surface area contributed by atoms with Gasteiger partial charge in [0.1, 0.15) is 0 Å². The average Bonchev–Trinajstić information content (AvgIpc) is 2.52. The Morgan fingerprint density at radius 1 is 1.32 bits per heavy atom. The Balaban J connectivity index is 2.18. The molecule has 0 radical (unpaired) electrons. The zero-order valence-corrected chi connectivity index (χ0v) is 13.3. The van der Waals surface area contributed by atoms with Crippen LogP contribution in [-0.4, -0.2) is 52.4 Å². The quantitative estimate of drug-likeness (QED) is 0.776. The molecule has 1 aromatic rings. The number of likely N-dealkylation sites (tertiary alicyclic amines) is 1. The number of amides is 1. The second kappa shape index (κ2) is 7.61. The van der Waals surface area contributed by atoms with Crippen molar-refractivity contribution >= 4 is 11.6 Å². The van der Waals surface area contributed by atoms with E-state index < -0.39 is 6.10 Å². The third-order valence-corrected chi connectivity index (χ3v) is 4.32. The van der Waals surface area contributed by atoms with Gasteiger partial charge < -0.3 is 20.4 Å². The van der Waals surface area contributed by atoms with Crippen molar-refractivity contribution in [1.29, 1.82) is 0 Å². The summed E-state index contributed by atoms with van der Waals surface area (Å²) in [5, 5.41) is 21.4. The number of carbonyl (C=O) groups is 1. The summed E-state index contributed by atoms with van der Waals surface area (Å²) < 4.78 is 0. The van der Waals surface area contributed by atoms with E-state index in [-0.39, 0.29) is 31.1 Å². The van der Waals surface area contributed by atoms with Crippen LogP contribution in [0.25, 0.3) is 0 Å². The molecule has 22 heavy (non-hydrogen) atoms. The van der Waals surface area contributed by atoms with E-state index in [0.29, 0.717) is 11.3 Å². The number of hydrogen-bond donors (Lipinski definition) is 3. The maximum absolute atomic E-state index is 12.9. The molecular weight excluding hydrogens is 280 g/mol. The second-order valence-corrected chi connectivity index (χ2v) is 6.10. The van der Waals surface area contributed by atoms with E-state index in [1.807, 2.05) is 29.2 Å². The van der Waals surface area contributed by atoms with Gasteiger partial charge in [-0.05, 0) is 45.2 Å². The molecule has 1 aliphatic rings. The SMILES string of the molecule is CC1CCCC(C)N1C(=O)c1ccccc1NCC(O)CO. The molecule has 1 heterocycles. The molecular formula is C17H26N2O3. The van der Waals surface area contributed by atoms with Gasteiger partial charge in [-0.2, -0.15) is 0 Å². The number of hydrogen-bond acceptors (Lipinski definition) is 4. The molecule has 3 unspecified atom stereocenters. The van der Waals surface area contributed by atoms with Gasteiger partial charge in [-0.15, -0.1) is 0 Å². The highest BCUT2D eigenvalue weighted by molar-refractivity contribution is 6.00. The van der Waals surface area contributed by atoms with Crippen LogP contribution < -0.4 is 5.32 Å². The van der Waals surface area contributed by atoms with E-state index >= 15 is 0 Å². The summed E-state index contributed by atoms with van der Waals surface area (Å²) in [5.41, 5.74) is 1.32. The van der Waals surface area contributed by atoms with Gasteiger partial charge in [-0.1, -0.05) is 12.1 Å². The molecule has 1 amide bonds. The molecule has 0 aromatic heterocycles. The Bertz CT molecular complexity index is 496. The minimum atomic E-state index is -0.837. The number of nitrogens with zero attached hydrogens (tertiary/aromatic N) is 1. The van der Waals surface area contributed by atoms with E-state index in [4.69, 9.17) is 5.11 Å². The van der Waals surface area contributed by atoms with E-state index in [1.54, 1.807) is 0 Å². The van der Waals surface area contributed by atoms with Gasteiger partial charge in [0.15, 0.2) is 0 Å². The molecule has 5 heteroatoms. The summed E-state index contributed by atoms with van der Waals surface area (Å²) in [4.78, 5) is 14.9. The molecule has 0 saturated carbocycles. The monoisotopic (exact) mass is 306 g/mol. The number of aliphatic hydroxyl groups excluding tert-OH is 2. The van der Waals surface area contributed by atoms with E-state index in [1.165, 1.54) is 0 Å². The minimum absolute atomic E-state index is 0.0290. The molecule has 1 aromatic carbocycles. The first-order valence-electron chi connectivity index (χ1n) is 7.99. The maximum Gasteiger partial charge on any atom is 0.256 e. The molecule has 3 N–H and O–H groups in total. The molecule has 5 nitrogen and oxygen atoms in total. The van der Waals surface area contributed by atoms with Gasteiger partial charge in [0.25, 0.3) is 5.91 Å². The van der Waals surface area contributed by atoms with Crippen LogP contribution in [-0.2, 0) is 0 Å². The van der Waals surface area contributed by atoms with Crippen LogP contribution in [0, 0.1) is 0 Å². The third-order valence-electron chi connectivity index (χ3n) is 4.32. The largest absolute Gasteiger partial charge is 0.394 e. The number of piperidine rings is 1. The van der Waals surface area contributed by atoms with Crippen molar-refractivity contribution in [1.82, 2.24) is 4.90 Å². The fourth-order valence-corrected chi connectivity index (χ4v) is 3.08. The standard InChI is InChI=1S/C17H26N2O3/c1-12-6-5-7-13(2)19(12)17(22)15-8-3-4-9-16(15)18-10-14(21)11-20/h3-4,8-9,12-14,18,20-21H,5-7,10-11H2,1-2H3. The molecule has 2 rings (SSSR count). The predicted octanol–water partition coefficient (Wildman–Crippen LogP) is 1.85. The molecule has 3 atom stereocenters. The topological polar surface area (TPSA) is 72.8 Å². The van der Waals surface area contributed by atoms with Crippen molar-refractivity contribution < 1.29 is 15.0 Å². The number of nitrogens with one attached hydrogen (secondary N) is 1. The maximum atomic E-state index is 12.9. The lowest BCUT2D eigenvalue weighted by molar-refractivity contribution is 0.0511. The number of aliphatic hydroxyl groups is 2. The van der Waals surface area contributed by atoms with E-state index in [2.05, 4.69) is 19.2 Å². The van der Waals surface area contributed by atoms with Gasteiger partial charge in [-0.25, -0.2) is 0 Å². The van der Waals surface area contributed by atoms with Crippen LogP contribution >= 0.6 is 0 Å². The predicted molar refractivity (Wildman–Crippen MR) is 87.0 cm³/mol. The molecule has 1 aliphatic heterocycles. The van der Waals surface area contributed by atoms with Crippen molar-refractivity contribution in [3.05, 3.63) is 29.8 Å². The zero-order chi connectivity index (χ0) is 16.1. The van der Waals surface area contributed by atoms with Gasteiger partial charge >= 0.3 is 0 Å². The van der Waals surface area contributed by atoms with Crippen LogP contribution in [0.5, 0.6) is 0 Å². The van der Waals surface area contributed by atoms with Crippen LogP contribution in [0.4, 0.5) is 5.69 Å². The van der Waals surface area contributed by atoms with Crippen LogP contribution in [0.2, 0.25) is 0 Å². The van der Waals surface area contributed by atoms with Crippen molar-refractivity contribution in [3.63, 3.8) is 0 Å². The molecule has 1 fully saturated rings. The lowest BCUT2D eigenvalue weighted by Crippen LogP contribution is -2.47. The number of anilines is 1. The van der Waals surface area contributed by atoms with Crippen molar-refractivity contribution in [2.24, 2.45) is 0 Å². The molecule has 0 spiro atoms. The minimum Gasteiger partial charge on any atom is -0.394 e. The lowest BCUT2D eigenvalue weighted by Gasteiger charge is -2.39. The van der Waals surface area contributed by atoms with E-state index in [9.17, 15) is 9.90 Å². The number of rotatable bonds is 5. The first-order chi connectivity index (χ1) is 10.5. The fourth-order valence-electron chi connectivity index (χ4n) is 3.08. The van der Waals surface area contributed by atoms with Gasteiger partial charge in [0.05, 0.1) is 18.3 Å². The van der Waals surface area contributed by atoms with Gasteiger partial charge in [0.2, 0.25) is 0 Å². The Hall–Kier alpha value is -1.59. The first-order valence-corrected chi connectivity index (χ1v) is 7.99. The Kier molecular flexibility index (Phi) is 5.80. The number of carbonyl (C=O) groups excluding carboxylic acids is 1. The molecule has 0 aliphatic carbocycles. The Morgan fingerprint density at radius 2 is 1.95 bits per heavy atom. The van der Waals surface area contributed by atoms with Crippen molar-refractivity contribution in [3.8, 4) is 0 Å².